The van der Waals surface area contributed by atoms with Gasteiger partial charge in [0.05, 0.1) is 25.5 Å². The monoisotopic (exact) mass is 393 g/mol. The third kappa shape index (κ3) is 4.57. The number of para-hydroxylation sites is 2. The second-order valence-corrected chi connectivity index (χ2v) is 6.73. The molecule has 0 fully saturated rings. The minimum atomic E-state index is -0.177. The van der Waals surface area contributed by atoms with E-state index in [1.54, 1.807) is 7.11 Å². The Labute approximate surface area is 169 Å². The van der Waals surface area contributed by atoms with Crippen molar-refractivity contribution in [3.05, 3.63) is 66.6 Å². The van der Waals surface area contributed by atoms with Crippen molar-refractivity contribution in [1.82, 2.24) is 14.9 Å². The van der Waals surface area contributed by atoms with Crippen molar-refractivity contribution in [2.24, 2.45) is 0 Å². The Morgan fingerprint density at radius 1 is 1.21 bits per heavy atom. The maximum atomic E-state index is 12.0. The summed E-state index contributed by atoms with van der Waals surface area (Å²) in [5.41, 5.74) is 1.79. The molecule has 7 nitrogen and oxygen atoms in total. The Bertz CT molecular complexity index is 971. The van der Waals surface area contributed by atoms with Gasteiger partial charge in [0.2, 0.25) is 0 Å². The molecule has 1 aliphatic heterocycles. The van der Waals surface area contributed by atoms with Gasteiger partial charge in [-0.2, -0.15) is 0 Å². The van der Waals surface area contributed by atoms with Crippen LogP contribution in [0.2, 0.25) is 0 Å². The Balaban J connectivity index is 1.32. The minimum absolute atomic E-state index is 0.0228. The van der Waals surface area contributed by atoms with E-state index in [9.17, 15) is 4.79 Å². The number of amides is 1. The maximum absolute atomic E-state index is 12.0. The Morgan fingerprint density at radius 3 is 2.83 bits per heavy atom. The van der Waals surface area contributed by atoms with Gasteiger partial charge in [0, 0.05) is 18.3 Å². The molecule has 3 aromatic rings. The first kappa shape index (κ1) is 19.0. The highest BCUT2D eigenvalue weighted by Gasteiger charge is 2.22. The third-order valence-electron chi connectivity index (χ3n) is 4.73. The zero-order chi connectivity index (χ0) is 20.1. The topological polar surface area (TPSA) is 74.6 Å². The molecule has 1 aromatic heterocycles. The van der Waals surface area contributed by atoms with E-state index in [1.807, 2.05) is 60.8 Å². The van der Waals surface area contributed by atoms with E-state index in [0.717, 1.165) is 22.8 Å². The maximum Gasteiger partial charge on any atom is 0.258 e. The van der Waals surface area contributed by atoms with Gasteiger partial charge >= 0.3 is 0 Å². The summed E-state index contributed by atoms with van der Waals surface area (Å²) < 4.78 is 18.8. The summed E-state index contributed by atoms with van der Waals surface area (Å²) in [5, 5.41) is 2.87. The fourth-order valence-electron chi connectivity index (χ4n) is 3.25. The Kier molecular flexibility index (Phi) is 5.76. The number of benzene rings is 2. The molecule has 1 N–H and O–H groups in total. The lowest BCUT2D eigenvalue weighted by Crippen LogP contribution is -2.40. The largest absolute Gasteiger partial charge is 0.496 e. The second-order valence-electron chi connectivity index (χ2n) is 6.73. The number of hydrogen-bond acceptors (Lipinski definition) is 5. The molecular weight excluding hydrogens is 370 g/mol. The van der Waals surface area contributed by atoms with Crippen molar-refractivity contribution in [1.29, 1.82) is 0 Å². The van der Waals surface area contributed by atoms with Crippen LogP contribution in [0.25, 0.3) is 11.3 Å². The van der Waals surface area contributed by atoms with Crippen LogP contribution in [0, 0.1) is 0 Å². The quantitative estimate of drug-likeness (QED) is 0.668. The standard InChI is InChI=1S/C22H23N3O4/c1-27-20-10-6-5-9-18(20)19-13-25-12-17(28-14-21(25)24-19)11-23-22(26)15-29-16-7-3-2-4-8-16/h2-10,13,17H,11-12,14-15H2,1H3,(H,23,26)/t17-/m0/s1. The molecule has 0 spiro atoms. The molecule has 29 heavy (non-hydrogen) atoms. The van der Waals surface area contributed by atoms with Crippen LogP contribution in [-0.4, -0.2) is 41.8 Å². The van der Waals surface area contributed by atoms with E-state index in [0.29, 0.717) is 25.4 Å². The van der Waals surface area contributed by atoms with Gasteiger partial charge in [0.1, 0.15) is 23.9 Å². The molecule has 0 radical (unpaired) electrons. The smallest absolute Gasteiger partial charge is 0.258 e. The van der Waals surface area contributed by atoms with Gasteiger partial charge in [-0.1, -0.05) is 30.3 Å². The van der Waals surface area contributed by atoms with Gasteiger partial charge in [-0.15, -0.1) is 0 Å². The molecule has 2 aromatic carbocycles. The van der Waals surface area contributed by atoms with Crippen LogP contribution >= 0.6 is 0 Å². The number of rotatable bonds is 7. The van der Waals surface area contributed by atoms with Crippen LogP contribution in [0.4, 0.5) is 0 Å². The van der Waals surface area contributed by atoms with E-state index in [1.165, 1.54) is 0 Å². The van der Waals surface area contributed by atoms with Gasteiger partial charge in [-0.25, -0.2) is 4.98 Å². The van der Waals surface area contributed by atoms with Crippen molar-refractivity contribution in [3.8, 4) is 22.8 Å². The van der Waals surface area contributed by atoms with Crippen molar-refractivity contribution in [2.75, 3.05) is 20.3 Å². The first-order chi connectivity index (χ1) is 14.2. The Hall–Kier alpha value is -3.32. The average Bonchev–Trinajstić information content (AvgIpc) is 3.20. The molecule has 0 unspecified atom stereocenters. The molecule has 1 atom stereocenters. The van der Waals surface area contributed by atoms with Crippen molar-refractivity contribution in [3.63, 3.8) is 0 Å². The first-order valence-corrected chi connectivity index (χ1v) is 9.48. The molecule has 0 saturated heterocycles. The van der Waals surface area contributed by atoms with Gasteiger partial charge in [-0.05, 0) is 24.3 Å². The second kappa shape index (κ2) is 8.79. The Morgan fingerprint density at radius 2 is 2.00 bits per heavy atom. The number of carbonyl (C=O) groups excluding carboxylic acids is 1. The molecule has 7 heteroatoms. The normalized spacial score (nSPS) is 15.4. The molecule has 150 valence electrons. The fourth-order valence-corrected chi connectivity index (χ4v) is 3.25. The highest BCUT2D eigenvalue weighted by Crippen LogP contribution is 2.30. The summed E-state index contributed by atoms with van der Waals surface area (Å²) in [6, 6.07) is 17.1. The molecule has 1 amide bonds. The zero-order valence-corrected chi connectivity index (χ0v) is 16.2. The molecule has 0 saturated carbocycles. The first-order valence-electron chi connectivity index (χ1n) is 9.48. The summed E-state index contributed by atoms with van der Waals surface area (Å²) in [6.07, 6.45) is 1.88. The van der Waals surface area contributed by atoms with Crippen molar-refractivity contribution >= 4 is 5.91 Å². The fraction of sp³-hybridized carbons (Fsp3) is 0.273. The molecular formula is C22H23N3O4. The molecule has 0 aliphatic carbocycles. The minimum Gasteiger partial charge on any atom is -0.496 e. The van der Waals surface area contributed by atoms with Crippen LogP contribution < -0.4 is 14.8 Å². The van der Waals surface area contributed by atoms with E-state index in [4.69, 9.17) is 14.2 Å². The molecule has 4 rings (SSSR count). The van der Waals surface area contributed by atoms with Crippen LogP contribution in [0.1, 0.15) is 5.82 Å². The number of carbonyl (C=O) groups is 1. The number of hydrogen-bond donors (Lipinski definition) is 1. The molecule has 2 heterocycles. The van der Waals surface area contributed by atoms with Crippen LogP contribution in [0.15, 0.2) is 60.8 Å². The highest BCUT2D eigenvalue weighted by atomic mass is 16.5. The van der Waals surface area contributed by atoms with Crippen LogP contribution in [0.3, 0.4) is 0 Å². The summed E-state index contributed by atoms with van der Waals surface area (Å²) in [7, 11) is 1.65. The van der Waals surface area contributed by atoms with E-state index in [-0.39, 0.29) is 18.6 Å². The van der Waals surface area contributed by atoms with Crippen molar-refractivity contribution < 1.29 is 19.0 Å². The SMILES string of the molecule is COc1ccccc1-c1cn2c(n1)CO[C@@H](CNC(=O)COc1ccccc1)C2. The average molecular weight is 393 g/mol. The lowest BCUT2D eigenvalue weighted by atomic mass is 10.1. The van der Waals surface area contributed by atoms with Crippen LogP contribution in [0.5, 0.6) is 11.5 Å². The predicted octanol–water partition coefficient (Wildman–Crippen LogP) is 2.65. The number of nitrogens with one attached hydrogen (secondary N) is 1. The van der Waals surface area contributed by atoms with E-state index < -0.39 is 0 Å². The number of fused-ring (bicyclic) bond motifs is 1. The van der Waals surface area contributed by atoms with Gasteiger partial charge in [0.15, 0.2) is 6.61 Å². The summed E-state index contributed by atoms with van der Waals surface area (Å²) in [5.74, 6) is 2.14. The third-order valence-corrected chi connectivity index (χ3v) is 4.73. The van der Waals surface area contributed by atoms with E-state index in [2.05, 4.69) is 14.9 Å². The number of aromatic nitrogens is 2. The lowest BCUT2D eigenvalue weighted by Gasteiger charge is -2.24. The van der Waals surface area contributed by atoms with Crippen molar-refractivity contribution in [2.45, 2.75) is 19.3 Å². The van der Waals surface area contributed by atoms with Gasteiger partial charge < -0.3 is 24.1 Å². The van der Waals surface area contributed by atoms with E-state index >= 15 is 0 Å². The molecule has 1 aliphatic rings. The predicted molar refractivity (Wildman–Crippen MR) is 108 cm³/mol. The lowest BCUT2D eigenvalue weighted by molar-refractivity contribution is -0.124. The summed E-state index contributed by atoms with van der Waals surface area (Å²) >= 11 is 0. The zero-order valence-electron chi connectivity index (χ0n) is 16.2. The number of imidazole rings is 1. The van der Waals surface area contributed by atoms with Crippen LogP contribution in [-0.2, 0) is 22.7 Å². The summed E-state index contributed by atoms with van der Waals surface area (Å²) in [6.45, 7) is 1.41. The number of ether oxygens (including phenoxy) is 3. The molecule has 0 bridgehead atoms. The summed E-state index contributed by atoms with van der Waals surface area (Å²) in [4.78, 5) is 16.7. The number of methoxy groups -OCH3 is 1. The van der Waals surface area contributed by atoms with Gasteiger partial charge in [0.25, 0.3) is 5.91 Å². The number of nitrogens with zero attached hydrogens (tertiary/aromatic N) is 2. The van der Waals surface area contributed by atoms with Gasteiger partial charge in [-0.3, -0.25) is 4.79 Å². The highest BCUT2D eigenvalue weighted by molar-refractivity contribution is 5.77.